The van der Waals surface area contributed by atoms with Crippen molar-refractivity contribution in [3.8, 4) is 0 Å². The summed E-state index contributed by atoms with van der Waals surface area (Å²) in [5.41, 5.74) is 16.2. The van der Waals surface area contributed by atoms with E-state index in [4.69, 9.17) is 20.5 Å². The highest BCUT2D eigenvalue weighted by Crippen LogP contribution is 2.08. The maximum atomic E-state index is 10.8. The molecule has 8 nitrogen and oxygen atoms in total. The lowest BCUT2D eigenvalue weighted by molar-refractivity contribution is -0.139. The van der Waals surface area contributed by atoms with Crippen molar-refractivity contribution in [3.05, 3.63) is 11.1 Å². The lowest BCUT2D eigenvalue weighted by Crippen LogP contribution is -2.07. The van der Waals surface area contributed by atoms with E-state index in [1.807, 2.05) is 0 Å². The van der Waals surface area contributed by atoms with Gasteiger partial charge in [-0.1, -0.05) is 38.5 Å². The van der Waals surface area contributed by atoms with Crippen molar-refractivity contribution in [3.63, 3.8) is 0 Å². The van der Waals surface area contributed by atoms with E-state index in [1.165, 1.54) is 0 Å². The van der Waals surface area contributed by atoms with Crippen molar-refractivity contribution in [1.82, 2.24) is 0 Å². The van der Waals surface area contributed by atoms with E-state index in [0.717, 1.165) is 63.8 Å². The smallest absolute Gasteiger partial charge is 0.413 e. The van der Waals surface area contributed by atoms with Crippen molar-refractivity contribution < 1.29 is 28.6 Å². The minimum atomic E-state index is -0.631. The Balaban J connectivity index is 3.20. The Bertz CT molecular complexity index is 387. The van der Waals surface area contributed by atoms with E-state index >= 15 is 0 Å². The molecule has 0 aliphatic carbocycles. The second-order valence-corrected chi connectivity index (χ2v) is 4.65. The molecule has 0 saturated heterocycles. The highest BCUT2D eigenvalue weighted by molar-refractivity contribution is 6.20. The van der Waals surface area contributed by atoms with Crippen LogP contribution in [0.25, 0.3) is 11.1 Å². The standard InChI is InChI=1S/C14H22N4O4/c15-17-11-13(19)21-9-7-5-3-1-2-4-6-8-10-22-14(20)12-18-16/h11-12H,1-10H2. The van der Waals surface area contributed by atoms with Crippen LogP contribution in [-0.4, -0.2) is 47.2 Å². The molecular weight excluding hydrogens is 288 g/mol. The molecule has 0 aromatic heterocycles. The molecule has 0 aliphatic heterocycles. The highest BCUT2D eigenvalue weighted by Gasteiger charge is 2.02. The normalized spacial score (nSPS) is 9.27. The van der Waals surface area contributed by atoms with Gasteiger partial charge in [0.2, 0.25) is 0 Å². The number of ether oxygens (including phenoxy) is 2. The number of rotatable bonds is 13. The van der Waals surface area contributed by atoms with Gasteiger partial charge in [0.25, 0.3) is 0 Å². The van der Waals surface area contributed by atoms with Gasteiger partial charge in [-0.2, -0.15) is 9.58 Å². The SMILES string of the molecule is [N-]=[N+]=CC(=O)OCCCCCCCCCCOC(=O)C=[N+]=[N-]. The fourth-order valence-corrected chi connectivity index (χ4v) is 1.78. The Morgan fingerprint density at radius 1 is 0.682 bits per heavy atom. The highest BCUT2D eigenvalue weighted by atomic mass is 16.5. The Morgan fingerprint density at radius 3 is 1.32 bits per heavy atom. The third-order valence-electron chi connectivity index (χ3n) is 2.85. The van der Waals surface area contributed by atoms with Gasteiger partial charge in [-0.05, 0) is 12.8 Å². The summed E-state index contributed by atoms with van der Waals surface area (Å²) in [5, 5.41) is 0. The molecule has 0 N–H and O–H groups in total. The van der Waals surface area contributed by atoms with Crippen molar-refractivity contribution in [2.75, 3.05) is 13.2 Å². The number of unbranched alkanes of at least 4 members (excludes halogenated alkanes) is 7. The van der Waals surface area contributed by atoms with Crippen molar-refractivity contribution in [1.29, 1.82) is 0 Å². The average Bonchev–Trinajstić information content (AvgIpc) is 2.49. The maximum Gasteiger partial charge on any atom is 0.413 e. The van der Waals surface area contributed by atoms with Gasteiger partial charge < -0.3 is 20.5 Å². The predicted molar refractivity (Wildman–Crippen MR) is 78.2 cm³/mol. The van der Waals surface area contributed by atoms with Crippen LogP contribution >= 0.6 is 0 Å². The molecule has 0 amide bonds. The number of carbonyl (C=O) groups is 2. The summed E-state index contributed by atoms with van der Waals surface area (Å²) in [6, 6.07) is 0. The first kappa shape index (κ1) is 19.7. The van der Waals surface area contributed by atoms with Crippen molar-refractivity contribution >= 4 is 24.4 Å². The summed E-state index contributed by atoms with van der Waals surface area (Å²) in [6.45, 7) is 0.681. The number of hydrogen-bond acceptors (Lipinski definition) is 4. The number of carbonyl (C=O) groups excluding carboxylic acids is 2. The van der Waals surface area contributed by atoms with Crippen LogP contribution in [-0.2, 0) is 19.1 Å². The molecule has 0 rings (SSSR count). The molecule has 0 spiro atoms. The molecule has 0 fully saturated rings. The summed E-state index contributed by atoms with van der Waals surface area (Å²) in [5.74, 6) is -1.26. The second-order valence-electron chi connectivity index (χ2n) is 4.65. The van der Waals surface area contributed by atoms with Gasteiger partial charge in [-0.3, -0.25) is 0 Å². The lowest BCUT2D eigenvalue weighted by Gasteiger charge is -2.03. The number of nitrogens with zero attached hydrogens (tertiary/aromatic N) is 4. The minimum absolute atomic E-state index is 0.341. The van der Waals surface area contributed by atoms with Crippen LogP contribution in [0, 0.1) is 0 Å². The third-order valence-corrected chi connectivity index (χ3v) is 2.85. The molecule has 0 aliphatic rings. The van der Waals surface area contributed by atoms with E-state index in [9.17, 15) is 9.59 Å². The van der Waals surface area contributed by atoms with Crippen molar-refractivity contribution in [2.45, 2.75) is 51.4 Å². The molecule has 22 heavy (non-hydrogen) atoms. The van der Waals surface area contributed by atoms with Gasteiger partial charge in [0, 0.05) is 0 Å². The average molecular weight is 310 g/mol. The topological polar surface area (TPSA) is 125 Å². The van der Waals surface area contributed by atoms with Gasteiger partial charge in [-0.15, -0.1) is 0 Å². The fourth-order valence-electron chi connectivity index (χ4n) is 1.78. The van der Waals surface area contributed by atoms with Crippen LogP contribution in [0.1, 0.15) is 51.4 Å². The van der Waals surface area contributed by atoms with Crippen LogP contribution in [0.4, 0.5) is 0 Å². The Morgan fingerprint density at radius 2 is 1.00 bits per heavy atom. The van der Waals surface area contributed by atoms with Crippen molar-refractivity contribution in [2.24, 2.45) is 0 Å². The van der Waals surface area contributed by atoms with Gasteiger partial charge in [-0.25, -0.2) is 9.59 Å². The van der Waals surface area contributed by atoms with Crippen LogP contribution in [0.15, 0.2) is 0 Å². The molecule has 122 valence electrons. The van der Waals surface area contributed by atoms with E-state index in [-0.39, 0.29) is 0 Å². The summed E-state index contributed by atoms with van der Waals surface area (Å²) >= 11 is 0. The zero-order valence-corrected chi connectivity index (χ0v) is 12.6. The molecule has 0 unspecified atom stereocenters. The maximum absolute atomic E-state index is 10.8. The van der Waals surface area contributed by atoms with Gasteiger partial charge in [0.1, 0.15) is 0 Å². The van der Waals surface area contributed by atoms with E-state index in [1.54, 1.807) is 0 Å². The summed E-state index contributed by atoms with van der Waals surface area (Å²) < 4.78 is 9.55. The van der Waals surface area contributed by atoms with Gasteiger partial charge in [0.15, 0.2) is 0 Å². The molecular formula is C14H22N4O4. The second kappa shape index (κ2) is 15.1. The molecule has 0 saturated carbocycles. The van der Waals surface area contributed by atoms with E-state index in [2.05, 4.69) is 9.58 Å². The quantitative estimate of drug-likeness (QED) is 0.169. The Kier molecular flexibility index (Phi) is 13.5. The van der Waals surface area contributed by atoms with Gasteiger partial charge >= 0.3 is 24.4 Å². The zero-order chi connectivity index (χ0) is 16.5. The Hall–Kier alpha value is -2.30. The van der Waals surface area contributed by atoms with Crippen LogP contribution < -0.4 is 0 Å². The number of hydrogen-bond donors (Lipinski definition) is 0. The van der Waals surface area contributed by atoms with Crippen LogP contribution in [0.2, 0.25) is 0 Å². The lowest BCUT2D eigenvalue weighted by atomic mass is 10.1. The first-order valence-corrected chi connectivity index (χ1v) is 7.39. The Labute approximate surface area is 129 Å². The summed E-state index contributed by atoms with van der Waals surface area (Å²) in [4.78, 5) is 26.8. The number of esters is 2. The monoisotopic (exact) mass is 310 g/mol. The summed E-state index contributed by atoms with van der Waals surface area (Å²) in [6.07, 6.45) is 9.42. The third kappa shape index (κ3) is 14.1. The molecule has 0 radical (unpaired) electrons. The first-order chi connectivity index (χ1) is 10.7. The molecule has 0 heterocycles. The molecule has 0 atom stereocenters. The van der Waals surface area contributed by atoms with Gasteiger partial charge in [0.05, 0.1) is 13.2 Å². The molecule has 8 heteroatoms. The fraction of sp³-hybridized carbons (Fsp3) is 0.714. The van der Waals surface area contributed by atoms with Crippen LogP contribution in [0.5, 0.6) is 0 Å². The van der Waals surface area contributed by atoms with E-state index < -0.39 is 11.9 Å². The molecule has 0 aromatic rings. The first-order valence-electron chi connectivity index (χ1n) is 7.39. The molecule has 0 bridgehead atoms. The predicted octanol–water partition coefficient (Wildman–Crippen LogP) is 1.79. The molecule has 0 aromatic carbocycles. The zero-order valence-electron chi connectivity index (χ0n) is 12.6. The minimum Gasteiger partial charge on any atom is -0.457 e. The largest absolute Gasteiger partial charge is 0.457 e. The van der Waals surface area contributed by atoms with Crippen LogP contribution in [0.3, 0.4) is 0 Å². The van der Waals surface area contributed by atoms with E-state index in [0.29, 0.717) is 13.2 Å². The summed E-state index contributed by atoms with van der Waals surface area (Å²) in [7, 11) is 0.